The molecule has 0 amide bonds. The Kier molecular flexibility index (Phi) is 12.1. The van der Waals surface area contributed by atoms with Gasteiger partial charge in [0.05, 0.1) is 12.8 Å². The SMILES string of the molecule is CCn1c(-c2nonc2N)nc2c(C#CC(C)(C)O)ncc(OCC(C)(C)CN)c21.O=C(O)C(F)(F)F.O=C(O)C(F)(F)F. The van der Waals surface area contributed by atoms with Gasteiger partial charge in [0.15, 0.2) is 23.1 Å². The van der Waals surface area contributed by atoms with Crippen LogP contribution in [0.25, 0.3) is 22.6 Å². The number of alkyl halides is 6. The molecule has 0 aliphatic rings. The molecule has 0 unspecified atom stereocenters. The van der Waals surface area contributed by atoms with Gasteiger partial charge in [-0.3, -0.25) is 0 Å². The lowest BCUT2D eigenvalue weighted by Gasteiger charge is -2.22. The highest BCUT2D eigenvalue weighted by molar-refractivity contribution is 5.89. The third-order valence-electron chi connectivity index (χ3n) is 4.92. The zero-order valence-electron chi connectivity index (χ0n) is 23.8. The summed E-state index contributed by atoms with van der Waals surface area (Å²) in [6, 6.07) is 0. The molecule has 0 fully saturated rings. The van der Waals surface area contributed by atoms with Gasteiger partial charge in [-0.1, -0.05) is 19.8 Å². The van der Waals surface area contributed by atoms with E-state index in [0.717, 1.165) is 0 Å². The van der Waals surface area contributed by atoms with Gasteiger partial charge in [0, 0.05) is 18.5 Å². The molecule has 20 heteroatoms. The summed E-state index contributed by atoms with van der Waals surface area (Å²) in [6.45, 7) is 10.6. The lowest BCUT2D eigenvalue weighted by molar-refractivity contribution is -0.193. The molecule has 0 aliphatic heterocycles. The number of nitrogens with two attached hydrogens (primary N) is 2. The second-order valence-corrected chi connectivity index (χ2v) is 9.92. The van der Waals surface area contributed by atoms with Crippen molar-refractivity contribution in [2.75, 3.05) is 18.9 Å². The van der Waals surface area contributed by atoms with Gasteiger partial charge in [-0.25, -0.2) is 24.2 Å². The van der Waals surface area contributed by atoms with Crippen LogP contribution in [0.3, 0.4) is 0 Å². The molecule has 44 heavy (non-hydrogen) atoms. The molecule has 3 aromatic rings. The number of hydrogen-bond acceptors (Lipinski definition) is 11. The molecule has 0 saturated carbocycles. The first-order valence-corrected chi connectivity index (χ1v) is 12.1. The van der Waals surface area contributed by atoms with Gasteiger partial charge < -0.3 is 36.1 Å². The van der Waals surface area contributed by atoms with E-state index in [1.165, 1.54) is 0 Å². The fraction of sp³-hybridized carbons (Fsp3) is 0.500. The molecular weight excluding hydrogens is 612 g/mol. The van der Waals surface area contributed by atoms with E-state index in [1.807, 2.05) is 25.3 Å². The average Bonchev–Trinajstić information content (AvgIpc) is 3.48. The topological polar surface area (TPSA) is 226 Å². The van der Waals surface area contributed by atoms with Gasteiger partial charge in [0.1, 0.15) is 22.3 Å². The third-order valence-corrected chi connectivity index (χ3v) is 4.92. The number of anilines is 1. The molecule has 0 aromatic carbocycles. The Bertz CT molecular complexity index is 1490. The largest absolute Gasteiger partial charge is 0.490 e. The number of carboxylic acid groups (broad SMARTS) is 2. The number of ether oxygens (including phenoxy) is 1. The Hall–Kier alpha value is -4.64. The number of aryl methyl sites for hydroxylation is 1. The van der Waals surface area contributed by atoms with Crippen LogP contribution in [0.1, 0.15) is 40.3 Å². The second-order valence-electron chi connectivity index (χ2n) is 9.92. The van der Waals surface area contributed by atoms with Crippen LogP contribution in [0.2, 0.25) is 0 Å². The van der Waals surface area contributed by atoms with Gasteiger partial charge in [-0.15, -0.1) is 0 Å². The number of aromatic nitrogens is 5. The monoisotopic (exact) mass is 641 g/mol. The van der Waals surface area contributed by atoms with Crippen LogP contribution in [-0.4, -0.2) is 83.2 Å². The summed E-state index contributed by atoms with van der Waals surface area (Å²) in [7, 11) is 0. The number of pyridine rings is 1. The van der Waals surface area contributed by atoms with Crippen LogP contribution in [0.5, 0.6) is 5.75 Å². The summed E-state index contributed by atoms with van der Waals surface area (Å²) in [5, 5.41) is 31.8. The molecule has 0 bridgehead atoms. The van der Waals surface area contributed by atoms with E-state index in [4.69, 9.17) is 40.6 Å². The Morgan fingerprint density at radius 3 is 1.95 bits per heavy atom. The molecule has 0 radical (unpaired) electrons. The molecule has 7 N–H and O–H groups in total. The number of hydrogen-bond donors (Lipinski definition) is 5. The minimum Gasteiger partial charge on any atom is -0.489 e. The number of nitrogens with zero attached hydrogens (tertiary/aromatic N) is 5. The highest BCUT2D eigenvalue weighted by Gasteiger charge is 2.39. The van der Waals surface area contributed by atoms with Crippen LogP contribution >= 0.6 is 0 Å². The van der Waals surface area contributed by atoms with E-state index in [1.54, 1.807) is 20.0 Å². The molecular formula is C24H29F6N7O7. The number of nitrogen functional groups attached to an aromatic ring is 1. The van der Waals surface area contributed by atoms with Crippen molar-refractivity contribution < 1.29 is 60.6 Å². The zero-order valence-corrected chi connectivity index (χ0v) is 23.8. The number of aliphatic hydroxyl groups is 1. The van der Waals surface area contributed by atoms with Crippen molar-refractivity contribution in [3.63, 3.8) is 0 Å². The summed E-state index contributed by atoms with van der Waals surface area (Å²) in [6.07, 6.45) is -8.56. The highest BCUT2D eigenvalue weighted by atomic mass is 19.4. The minimum atomic E-state index is -5.08. The minimum absolute atomic E-state index is 0.129. The Morgan fingerprint density at radius 2 is 1.57 bits per heavy atom. The molecule has 14 nitrogen and oxygen atoms in total. The van der Waals surface area contributed by atoms with Crippen LogP contribution in [0, 0.1) is 17.3 Å². The van der Waals surface area contributed by atoms with Crippen molar-refractivity contribution in [2.24, 2.45) is 11.1 Å². The number of imidazole rings is 1. The first-order chi connectivity index (χ1) is 19.9. The molecule has 0 spiro atoms. The molecule has 3 heterocycles. The number of rotatable bonds is 6. The van der Waals surface area contributed by atoms with E-state index in [2.05, 4.69) is 32.1 Å². The molecule has 3 aromatic heterocycles. The van der Waals surface area contributed by atoms with Crippen molar-refractivity contribution in [1.82, 2.24) is 24.8 Å². The molecule has 3 rings (SSSR count). The first kappa shape index (κ1) is 37.4. The van der Waals surface area contributed by atoms with E-state index in [9.17, 15) is 31.4 Å². The van der Waals surface area contributed by atoms with Crippen molar-refractivity contribution >= 4 is 28.8 Å². The summed E-state index contributed by atoms with van der Waals surface area (Å²) in [4.78, 5) is 26.9. The summed E-state index contributed by atoms with van der Waals surface area (Å²) in [5.41, 5.74) is 12.3. The molecule has 244 valence electrons. The van der Waals surface area contributed by atoms with Crippen molar-refractivity contribution in [3.05, 3.63) is 11.9 Å². The number of halogens is 6. The standard InChI is InChI=1S/C20H27N7O3.2C2HF3O2/c1-6-27-16-13(29-11-19(2,3)10-21)9-23-12(7-8-20(4,5)28)14(16)24-18(27)15-17(22)26-30-25-15;2*3-2(4,5)1(6)7/h9,28H,6,10-11,21H2,1-5H3,(H2,22,26);2*(H,6,7). The van der Waals surface area contributed by atoms with Crippen LogP contribution < -0.4 is 16.2 Å². The summed E-state index contributed by atoms with van der Waals surface area (Å²) in [5.74, 6) is 1.30. The number of carboxylic acids is 2. The van der Waals surface area contributed by atoms with Crippen molar-refractivity contribution in [3.8, 4) is 29.1 Å². The third kappa shape index (κ3) is 10.9. The van der Waals surface area contributed by atoms with E-state index in [0.29, 0.717) is 53.7 Å². The number of aliphatic carboxylic acids is 2. The van der Waals surface area contributed by atoms with E-state index >= 15 is 0 Å². The predicted octanol–water partition coefficient (Wildman–Crippen LogP) is 2.84. The maximum atomic E-state index is 10.6. The quantitative estimate of drug-likeness (QED) is 0.193. The fourth-order valence-electron chi connectivity index (χ4n) is 2.69. The predicted molar refractivity (Wildman–Crippen MR) is 140 cm³/mol. The Labute approximate surface area is 245 Å². The van der Waals surface area contributed by atoms with Crippen molar-refractivity contribution in [2.45, 2.75) is 59.1 Å². The van der Waals surface area contributed by atoms with Crippen LogP contribution in [0.4, 0.5) is 32.2 Å². The van der Waals surface area contributed by atoms with Gasteiger partial charge >= 0.3 is 24.3 Å². The molecule has 0 saturated heterocycles. The summed E-state index contributed by atoms with van der Waals surface area (Å²) < 4.78 is 76.2. The Morgan fingerprint density at radius 1 is 1.05 bits per heavy atom. The lowest BCUT2D eigenvalue weighted by Crippen LogP contribution is -2.30. The first-order valence-electron chi connectivity index (χ1n) is 12.1. The summed E-state index contributed by atoms with van der Waals surface area (Å²) >= 11 is 0. The normalized spacial score (nSPS) is 11.8. The Balaban J connectivity index is 0.000000574. The molecule has 0 atom stereocenters. The van der Waals surface area contributed by atoms with Gasteiger partial charge in [0.2, 0.25) is 0 Å². The molecule has 0 aliphatic carbocycles. The van der Waals surface area contributed by atoms with Gasteiger partial charge in [-0.05, 0) is 37.0 Å². The zero-order chi connectivity index (χ0) is 34.3. The van der Waals surface area contributed by atoms with Crippen LogP contribution in [-0.2, 0) is 16.1 Å². The van der Waals surface area contributed by atoms with Crippen LogP contribution in [0.15, 0.2) is 10.8 Å². The average molecular weight is 642 g/mol. The fourth-order valence-corrected chi connectivity index (χ4v) is 2.69. The van der Waals surface area contributed by atoms with E-state index < -0.39 is 29.9 Å². The number of fused-ring (bicyclic) bond motifs is 1. The smallest absolute Gasteiger partial charge is 0.489 e. The maximum Gasteiger partial charge on any atom is 0.490 e. The number of carbonyl (C=O) groups is 2. The highest BCUT2D eigenvalue weighted by Crippen LogP contribution is 2.33. The van der Waals surface area contributed by atoms with Crippen molar-refractivity contribution in [1.29, 1.82) is 0 Å². The van der Waals surface area contributed by atoms with Gasteiger partial charge in [-0.2, -0.15) is 26.3 Å². The van der Waals surface area contributed by atoms with E-state index in [-0.39, 0.29) is 11.2 Å². The second kappa shape index (κ2) is 14.2. The maximum absolute atomic E-state index is 10.6. The van der Waals surface area contributed by atoms with Gasteiger partial charge in [0.25, 0.3) is 0 Å². The lowest BCUT2D eigenvalue weighted by atomic mass is 9.95.